The summed E-state index contributed by atoms with van der Waals surface area (Å²) >= 11 is 1.91. The molecule has 0 unspecified atom stereocenters. The molecule has 0 aliphatic carbocycles. The normalized spacial score (nSPS) is 11.7. The molecule has 98 valence electrons. The first kappa shape index (κ1) is 14.8. The van der Waals surface area contributed by atoms with Crippen LogP contribution in [0.1, 0.15) is 31.1 Å². The van der Waals surface area contributed by atoms with Gasteiger partial charge in [-0.25, -0.2) is 0 Å². The van der Waals surface area contributed by atoms with Crippen LogP contribution in [0.5, 0.6) is 0 Å². The van der Waals surface area contributed by atoms with E-state index in [4.69, 9.17) is 0 Å². The quantitative estimate of drug-likeness (QED) is 0.464. The Labute approximate surface area is 114 Å². The fourth-order valence-electron chi connectivity index (χ4n) is 1.48. The van der Waals surface area contributed by atoms with Crippen LogP contribution in [0.3, 0.4) is 0 Å². The van der Waals surface area contributed by atoms with E-state index in [9.17, 15) is 4.79 Å². The van der Waals surface area contributed by atoms with Crippen LogP contribution >= 0.6 is 11.8 Å². The molecule has 1 N–H and O–H groups in total. The topological polar surface area (TPSA) is 29.1 Å². The second-order valence-electron chi connectivity index (χ2n) is 4.40. The summed E-state index contributed by atoms with van der Waals surface area (Å²) in [7, 11) is 0. The molecule has 0 saturated heterocycles. The summed E-state index contributed by atoms with van der Waals surface area (Å²) in [6, 6.07) is 9.34. The predicted molar refractivity (Wildman–Crippen MR) is 80.1 cm³/mol. The number of allylic oxidation sites excluding steroid dienone is 2. The molecule has 0 amide bonds. The first-order valence-corrected chi connectivity index (χ1v) is 7.27. The zero-order valence-electron chi connectivity index (χ0n) is 11.3. The van der Waals surface area contributed by atoms with Crippen molar-refractivity contribution < 1.29 is 4.79 Å². The summed E-state index contributed by atoms with van der Waals surface area (Å²) in [5.41, 5.74) is 1.66. The molecule has 0 fully saturated rings. The van der Waals surface area contributed by atoms with Crippen molar-refractivity contribution >= 4 is 17.5 Å². The van der Waals surface area contributed by atoms with Gasteiger partial charge in [0, 0.05) is 29.6 Å². The van der Waals surface area contributed by atoms with E-state index in [2.05, 4.69) is 19.2 Å². The minimum Gasteiger partial charge on any atom is -0.388 e. The van der Waals surface area contributed by atoms with E-state index < -0.39 is 0 Å². The Kier molecular flexibility index (Phi) is 6.58. The highest BCUT2D eigenvalue weighted by Crippen LogP contribution is 2.07. The first-order valence-electron chi connectivity index (χ1n) is 6.22. The SMILES string of the molecule is C/C(=C/C(=O)c1ccccc1)NCCSC(C)C. The van der Waals surface area contributed by atoms with Crippen LogP contribution in [0.2, 0.25) is 0 Å². The summed E-state index contributed by atoms with van der Waals surface area (Å²) in [5, 5.41) is 3.91. The molecule has 0 bridgehead atoms. The Morgan fingerprint density at radius 2 is 2.00 bits per heavy atom. The molecule has 1 aromatic rings. The van der Waals surface area contributed by atoms with Crippen LogP contribution in [-0.4, -0.2) is 23.3 Å². The molecule has 0 aromatic heterocycles. The average Bonchev–Trinajstić information content (AvgIpc) is 2.35. The van der Waals surface area contributed by atoms with Crippen molar-refractivity contribution in [2.24, 2.45) is 0 Å². The molecule has 0 saturated carbocycles. The van der Waals surface area contributed by atoms with E-state index in [0.29, 0.717) is 5.25 Å². The highest BCUT2D eigenvalue weighted by Gasteiger charge is 2.01. The number of thioether (sulfide) groups is 1. The third kappa shape index (κ3) is 5.92. The molecule has 0 radical (unpaired) electrons. The van der Waals surface area contributed by atoms with Crippen molar-refractivity contribution in [2.75, 3.05) is 12.3 Å². The van der Waals surface area contributed by atoms with Gasteiger partial charge in [-0.1, -0.05) is 44.2 Å². The molecule has 1 rings (SSSR count). The number of benzene rings is 1. The van der Waals surface area contributed by atoms with Gasteiger partial charge in [0.25, 0.3) is 0 Å². The largest absolute Gasteiger partial charge is 0.388 e. The molecular weight excluding hydrogens is 242 g/mol. The molecule has 0 heterocycles. The van der Waals surface area contributed by atoms with E-state index in [1.807, 2.05) is 49.0 Å². The van der Waals surface area contributed by atoms with Gasteiger partial charge in [0.05, 0.1) is 0 Å². The number of rotatable bonds is 7. The first-order chi connectivity index (χ1) is 8.59. The summed E-state index contributed by atoms with van der Waals surface area (Å²) in [4.78, 5) is 11.9. The predicted octanol–water partition coefficient (Wildman–Crippen LogP) is 3.50. The third-order valence-electron chi connectivity index (χ3n) is 2.36. The molecule has 2 nitrogen and oxygen atoms in total. The van der Waals surface area contributed by atoms with Crippen LogP contribution < -0.4 is 5.32 Å². The number of carbonyl (C=O) groups is 1. The highest BCUT2D eigenvalue weighted by molar-refractivity contribution is 7.99. The Balaban J connectivity index is 2.39. The van der Waals surface area contributed by atoms with Crippen molar-refractivity contribution in [1.82, 2.24) is 5.32 Å². The lowest BCUT2D eigenvalue weighted by Gasteiger charge is -2.07. The molecule has 0 spiro atoms. The Morgan fingerprint density at radius 1 is 1.33 bits per heavy atom. The van der Waals surface area contributed by atoms with Crippen LogP contribution in [0, 0.1) is 0 Å². The molecule has 3 heteroatoms. The maximum absolute atomic E-state index is 11.9. The van der Waals surface area contributed by atoms with E-state index >= 15 is 0 Å². The maximum Gasteiger partial charge on any atom is 0.187 e. The van der Waals surface area contributed by atoms with Crippen LogP contribution in [0.25, 0.3) is 0 Å². The van der Waals surface area contributed by atoms with Crippen LogP contribution in [0.4, 0.5) is 0 Å². The second-order valence-corrected chi connectivity index (χ2v) is 6.09. The summed E-state index contributed by atoms with van der Waals surface area (Å²) in [6.45, 7) is 7.20. The molecule has 0 aliphatic rings. The van der Waals surface area contributed by atoms with Gasteiger partial charge in [-0.2, -0.15) is 11.8 Å². The standard InChI is InChI=1S/C15H21NOS/c1-12(2)18-10-9-16-13(3)11-15(17)14-7-5-4-6-8-14/h4-8,11-12,16H,9-10H2,1-3H3/b13-11-. The van der Waals surface area contributed by atoms with E-state index in [-0.39, 0.29) is 5.78 Å². The monoisotopic (exact) mass is 263 g/mol. The fourth-order valence-corrected chi connectivity index (χ4v) is 2.17. The lowest BCUT2D eigenvalue weighted by atomic mass is 10.1. The van der Waals surface area contributed by atoms with Gasteiger partial charge in [-0.15, -0.1) is 0 Å². The molecule has 18 heavy (non-hydrogen) atoms. The molecular formula is C15H21NOS. The maximum atomic E-state index is 11.9. The highest BCUT2D eigenvalue weighted by atomic mass is 32.2. The van der Waals surface area contributed by atoms with Crippen molar-refractivity contribution in [3.63, 3.8) is 0 Å². The molecule has 0 aliphatic heterocycles. The van der Waals surface area contributed by atoms with Crippen LogP contribution in [-0.2, 0) is 0 Å². The summed E-state index contributed by atoms with van der Waals surface area (Å²) < 4.78 is 0. The lowest BCUT2D eigenvalue weighted by Crippen LogP contribution is -2.16. The minimum atomic E-state index is 0.0529. The zero-order valence-corrected chi connectivity index (χ0v) is 12.1. The number of hydrogen-bond donors (Lipinski definition) is 1. The van der Waals surface area contributed by atoms with Gasteiger partial charge in [-0.3, -0.25) is 4.79 Å². The van der Waals surface area contributed by atoms with Gasteiger partial charge in [0.2, 0.25) is 0 Å². The number of ketones is 1. The molecule has 1 aromatic carbocycles. The number of carbonyl (C=O) groups excluding carboxylic acids is 1. The van der Waals surface area contributed by atoms with Crippen molar-refractivity contribution in [3.8, 4) is 0 Å². The Hall–Kier alpha value is -1.22. The number of nitrogens with one attached hydrogen (secondary N) is 1. The van der Waals surface area contributed by atoms with Crippen LogP contribution in [0.15, 0.2) is 42.1 Å². The van der Waals surface area contributed by atoms with Crippen molar-refractivity contribution in [3.05, 3.63) is 47.7 Å². The summed E-state index contributed by atoms with van der Waals surface area (Å²) in [5.74, 6) is 1.11. The van der Waals surface area contributed by atoms with Crippen molar-refractivity contribution in [1.29, 1.82) is 0 Å². The van der Waals surface area contributed by atoms with Gasteiger partial charge >= 0.3 is 0 Å². The Bertz CT molecular complexity index is 398. The molecule has 0 atom stereocenters. The van der Waals surface area contributed by atoms with Gasteiger partial charge in [0.15, 0.2) is 5.78 Å². The third-order valence-corrected chi connectivity index (χ3v) is 3.47. The zero-order chi connectivity index (χ0) is 13.4. The van der Waals surface area contributed by atoms with Gasteiger partial charge in [0.1, 0.15) is 0 Å². The summed E-state index contributed by atoms with van der Waals surface area (Å²) in [6.07, 6.45) is 1.66. The minimum absolute atomic E-state index is 0.0529. The fraction of sp³-hybridized carbons (Fsp3) is 0.400. The van der Waals surface area contributed by atoms with E-state index in [0.717, 1.165) is 23.6 Å². The number of hydrogen-bond acceptors (Lipinski definition) is 3. The second kappa shape index (κ2) is 7.98. The Morgan fingerprint density at radius 3 is 2.61 bits per heavy atom. The van der Waals surface area contributed by atoms with Gasteiger partial charge < -0.3 is 5.32 Å². The smallest absolute Gasteiger partial charge is 0.187 e. The van der Waals surface area contributed by atoms with E-state index in [1.54, 1.807) is 6.08 Å². The van der Waals surface area contributed by atoms with Gasteiger partial charge in [-0.05, 0) is 12.2 Å². The van der Waals surface area contributed by atoms with E-state index in [1.165, 1.54) is 0 Å². The van der Waals surface area contributed by atoms with Crippen molar-refractivity contribution in [2.45, 2.75) is 26.0 Å². The lowest BCUT2D eigenvalue weighted by molar-refractivity contribution is 0.104. The average molecular weight is 263 g/mol.